The van der Waals surface area contributed by atoms with Crippen molar-refractivity contribution < 1.29 is 53.9 Å². The number of carboxylic acids is 2. The van der Waals surface area contributed by atoms with Gasteiger partial charge in [-0.05, 0) is 0 Å². The quantitative estimate of drug-likeness (QED) is 0.218. The van der Waals surface area contributed by atoms with Crippen molar-refractivity contribution in [2.75, 3.05) is 0 Å². The molecule has 0 saturated heterocycles. The summed E-state index contributed by atoms with van der Waals surface area (Å²) < 4.78 is 3.08. The van der Waals surface area contributed by atoms with Crippen LogP contribution < -0.4 is 7.16 Å². The van der Waals surface area contributed by atoms with Gasteiger partial charge < -0.3 is 140 Å². The zero-order valence-electron chi connectivity index (χ0n) is 20.8. The molecule has 0 aliphatic carbocycles. The second-order valence-electron chi connectivity index (χ2n) is 6.58. The second kappa shape index (κ2) is 24.4. The third-order valence-corrected chi connectivity index (χ3v) is 7.39. The average Bonchev–Trinajstić information content (AvgIpc) is 3.79. The molecule has 2 N–H and O–H groups in total. The molecule has 2 radical (unpaired) electrons. The van der Waals surface area contributed by atoms with Gasteiger partial charge in [0.2, 0.25) is 0 Å². The van der Waals surface area contributed by atoms with Crippen LogP contribution in [0.2, 0.25) is 0 Å². The first kappa shape index (κ1) is 37.6. The van der Waals surface area contributed by atoms with Crippen LogP contribution in [0, 0.1) is 97.1 Å². The Morgan fingerprint density at radius 3 is 1.02 bits per heavy atom. The Kier molecular flexibility index (Phi) is 22.4. The summed E-state index contributed by atoms with van der Waals surface area (Å²) in [5.41, 5.74) is -0.0185. The van der Waals surface area contributed by atoms with Gasteiger partial charge in [-0.3, -0.25) is 0 Å². The van der Waals surface area contributed by atoms with Crippen LogP contribution in [0.15, 0.2) is 72.8 Å². The summed E-state index contributed by atoms with van der Waals surface area (Å²) in [7, 11) is 0. The van der Waals surface area contributed by atoms with Gasteiger partial charge in [-0.1, -0.05) is 0 Å². The first-order valence-corrected chi connectivity index (χ1v) is 13.7. The Bertz CT molecular complexity index is 1210. The van der Waals surface area contributed by atoms with E-state index in [1.807, 2.05) is 0 Å². The number of carbonyl (C=O) groups is 2. The first-order valence-electron chi connectivity index (χ1n) is 10.8. The third-order valence-electron chi connectivity index (χ3n) is 3.84. The molecule has 4 nitrogen and oxygen atoms in total. The molecule has 0 aromatic heterocycles. The maximum absolute atomic E-state index is 9.96. The molecule has 6 rings (SSSR count). The van der Waals surface area contributed by atoms with Crippen LogP contribution in [-0.2, 0) is 34.1 Å². The van der Waals surface area contributed by atoms with Crippen LogP contribution in [0.1, 0.15) is 20.7 Å². The number of rotatable bonds is 4. The van der Waals surface area contributed by atoms with Gasteiger partial charge in [-0.15, -0.1) is 11.9 Å². The summed E-state index contributed by atoms with van der Waals surface area (Å²) in [6.07, 6.45) is 0. The van der Waals surface area contributed by atoms with E-state index in [9.17, 15) is 9.59 Å². The molecule has 0 unspecified atom stereocenters. The Labute approximate surface area is 273 Å². The Morgan fingerprint density at radius 1 is 0.537 bits per heavy atom. The van der Waals surface area contributed by atoms with E-state index in [0.717, 1.165) is 0 Å². The standard InChI is InChI=1S/2C6HO2.2C6H5.2C5H.2Fe.Sn/c2*7-6(8)5-3-1-2-4-5;2*1-2-4-6-5-3-1;2*1-2-4-5-3-1;;;/h2*(H,7,8);2*1-5H;2*1H;;;/q2*-5;;;2*-5;;;. The van der Waals surface area contributed by atoms with Gasteiger partial charge in [0.25, 0.3) is 0 Å². The molecule has 0 spiro atoms. The van der Waals surface area contributed by atoms with E-state index >= 15 is 0 Å². The van der Waals surface area contributed by atoms with Crippen molar-refractivity contribution in [3.8, 4) is 0 Å². The van der Waals surface area contributed by atoms with E-state index in [1.54, 1.807) is 12.1 Å². The van der Waals surface area contributed by atoms with Gasteiger partial charge in [-0.2, -0.15) is 0 Å². The number of aromatic carboxylic acids is 2. The summed E-state index contributed by atoms with van der Waals surface area (Å²) in [6.45, 7) is 0. The van der Waals surface area contributed by atoms with E-state index in [2.05, 4.69) is 158 Å². The van der Waals surface area contributed by atoms with Crippen molar-refractivity contribution in [1.29, 1.82) is 0 Å². The Balaban J connectivity index is 0.000000505. The molecule has 0 atom stereocenters. The number of hydrogen-bond donors (Lipinski definition) is 2. The molecule has 6 aromatic carbocycles. The molecular weight excluding hydrogens is 703 g/mol. The number of benzene rings is 2. The zero-order chi connectivity index (χ0) is 28.0. The van der Waals surface area contributed by atoms with Gasteiger partial charge in [0.1, 0.15) is 0 Å². The number of carboxylic acid groups (broad SMARTS) is 2. The molecule has 0 saturated carbocycles. The predicted molar refractivity (Wildman–Crippen MR) is 141 cm³/mol. The fraction of sp³-hybridized carbons (Fsp3) is 0. The average molecular weight is 717 g/mol. The van der Waals surface area contributed by atoms with Crippen molar-refractivity contribution in [2.24, 2.45) is 0 Å². The van der Waals surface area contributed by atoms with Gasteiger partial charge in [0, 0.05) is 34.1 Å². The van der Waals surface area contributed by atoms with E-state index in [4.69, 9.17) is 10.2 Å². The summed E-state index contributed by atoms with van der Waals surface area (Å²) in [6, 6.07) is 64.1. The minimum atomic E-state index is -1.04. The monoisotopic (exact) mass is 718 g/mol. The van der Waals surface area contributed by atoms with Crippen LogP contribution in [0.4, 0.5) is 0 Å². The van der Waals surface area contributed by atoms with E-state index < -0.39 is 33.1 Å². The summed E-state index contributed by atoms with van der Waals surface area (Å²) in [5.74, 6) is -2.08. The van der Waals surface area contributed by atoms with Crippen molar-refractivity contribution in [3.05, 3.63) is 181 Å². The van der Waals surface area contributed by atoms with Crippen LogP contribution in [0.3, 0.4) is 0 Å². The molecule has 0 bridgehead atoms. The molecule has 0 fully saturated rings. The molecule has 41 heavy (non-hydrogen) atoms. The van der Waals surface area contributed by atoms with E-state index in [-0.39, 0.29) is 45.3 Å². The minimum absolute atomic E-state index is 0. The van der Waals surface area contributed by atoms with E-state index in [1.165, 1.54) is 7.16 Å². The molecule has 0 aliphatic rings. The molecule has 0 heterocycles. The van der Waals surface area contributed by atoms with Crippen molar-refractivity contribution in [2.45, 2.75) is 0 Å². The van der Waals surface area contributed by atoms with Gasteiger partial charge in [0.15, 0.2) is 0 Å². The van der Waals surface area contributed by atoms with Crippen molar-refractivity contribution >= 4 is 40.2 Å². The SMILES string of the molecule is O=C(O)[c-]1[c-][c-][c-][c-]1.O=C(O)[c-]1[c-][c-][c-][c-]1.[Fe].[Fe].[c-]1[c-][c-][cH-][c-]1.[c-]1[c-][c-][cH-][c-]1.c1cc[c]([Sn][c]2ccccc2)cc1. The summed E-state index contributed by atoms with van der Waals surface area (Å²) >= 11 is -0.517. The van der Waals surface area contributed by atoms with Crippen molar-refractivity contribution in [1.82, 2.24) is 0 Å². The molecule has 214 valence electrons. The van der Waals surface area contributed by atoms with E-state index in [0.29, 0.717) is 0 Å². The Hall–Kier alpha value is -3.38. The van der Waals surface area contributed by atoms with Crippen LogP contribution in [-0.4, -0.2) is 43.3 Å². The second-order valence-corrected chi connectivity index (χ2v) is 10.6. The Morgan fingerprint density at radius 2 is 0.829 bits per heavy atom. The van der Waals surface area contributed by atoms with Gasteiger partial charge in [0.05, 0.1) is 0 Å². The normalized spacial score (nSPS) is 8.59. The first-order chi connectivity index (χ1) is 19.1. The third kappa shape index (κ3) is 18.6. The molecule has 7 heteroatoms. The fourth-order valence-corrected chi connectivity index (χ4v) is 5.22. The number of hydrogen-bond acceptors (Lipinski definition) is 2. The topological polar surface area (TPSA) is 74.6 Å². The van der Waals surface area contributed by atoms with Crippen LogP contribution in [0.5, 0.6) is 0 Å². The van der Waals surface area contributed by atoms with Crippen LogP contribution in [0.25, 0.3) is 0 Å². The summed E-state index contributed by atoms with van der Waals surface area (Å²) in [5, 5.41) is 16.3. The molecular formula is C34H14Fe2O4Sn-20. The van der Waals surface area contributed by atoms with Crippen LogP contribution >= 0.6 is 0 Å². The fourth-order valence-electron chi connectivity index (χ4n) is 2.22. The van der Waals surface area contributed by atoms with Gasteiger partial charge >= 0.3 is 89.0 Å². The summed E-state index contributed by atoms with van der Waals surface area (Å²) in [4.78, 5) is 19.9. The zero-order valence-corrected chi connectivity index (χ0v) is 25.9. The maximum atomic E-state index is 9.96. The van der Waals surface area contributed by atoms with Gasteiger partial charge in [-0.25, -0.2) is 0 Å². The molecule has 0 amide bonds. The molecule has 0 aliphatic heterocycles. The van der Waals surface area contributed by atoms with Crippen molar-refractivity contribution in [3.63, 3.8) is 0 Å². The predicted octanol–water partition coefficient (Wildman–Crippen LogP) is 3.16. The molecule has 6 aromatic rings.